The molecule has 3 aliphatic rings. The second-order valence-corrected chi connectivity index (χ2v) is 38.4. The molecule has 3 aliphatic heterocycles. The van der Waals surface area contributed by atoms with Gasteiger partial charge in [0.1, 0.15) is 56.9 Å². The molecule has 9 aromatic heterocycles. The van der Waals surface area contributed by atoms with Crippen molar-refractivity contribution in [1.29, 1.82) is 15.8 Å². The number of carbonyl (C=O) groups is 3. The number of aryl methyl sites for hydroxylation is 3. The zero-order chi connectivity index (χ0) is 101. The Morgan fingerprint density at radius 3 is 0.928 bits per heavy atom. The molecule has 0 radical (unpaired) electrons. The van der Waals surface area contributed by atoms with E-state index in [9.17, 15) is 44.6 Å². The van der Waals surface area contributed by atoms with Crippen LogP contribution in [0.4, 0.5) is 47.3 Å². The molecule has 3 atom stereocenters. The minimum Gasteiger partial charge on any atom is -0.396 e. The van der Waals surface area contributed by atoms with Crippen LogP contribution in [0.1, 0.15) is 131 Å². The largest absolute Gasteiger partial charge is 0.396 e. The Hall–Kier alpha value is -11.6. The first-order valence-corrected chi connectivity index (χ1v) is 47.1. The lowest BCUT2D eigenvalue weighted by Gasteiger charge is -2.41. The van der Waals surface area contributed by atoms with Crippen molar-refractivity contribution in [2.75, 3.05) is 90.8 Å². The second kappa shape index (κ2) is 41.4. The minimum absolute atomic E-state index is 0.00623. The zero-order valence-corrected chi connectivity index (χ0v) is 84.8. The Kier molecular flexibility index (Phi) is 31.1. The van der Waals surface area contributed by atoms with Crippen LogP contribution in [0.5, 0.6) is 0 Å². The Morgan fingerprint density at radius 2 is 0.674 bits per heavy atom. The van der Waals surface area contributed by atoms with Crippen LogP contribution in [-0.4, -0.2) is 153 Å². The molecule has 15 rings (SSSR count). The molecule has 3 saturated heterocycles. The molecule has 138 heavy (non-hydrogen) atoms. The number of benzene rings is 3. The van der Waals surface area contributed by atoms with E-state index >= 15 is 13.2 Å². The average Bonchev–Trinajstić information content (AvgIpc) is 0.726. The van der Waals surface area contributed by atoms with Crippen LogP contribution in [0.25, 0.3) is 83.9 Å². The highest BCUT2D eigenvalue weighted by Gasteiger charge is 2.40. The highest BCUT2D eigenvalue weighted by molar-refractivity contribution is 6.52. The van der Waals surface area contributed by atoms with Gasteiger partial charge in [-0.25, -0.2) is 28.1 Å². The zero-order valence-electron chi connectivity index (χ0n) is 75.8. The molecule has 3 aromatic carbocycles. The van der Waals surface area contributed by atoms with E-state index in [2.05, 4.69) is 52.9 Å². The molecule has 0 unspecified atom stereocenters. The summed E-state index contributed by atoms with van der Waals surface area (Å²) in [5.41, 5.74) is 19.3. The van der Waals surface area contributed by atoms with Crippen LogP contribution in [0, 0.1) is 72.2 Å². The van der Waals surface area contributed by atoms with Crippen molar-refractivity contribution in [3.63, 3.8) is 0 Å². The molecule has 12 heterocycles. The number of nitriles is 3. The number of nitrogens with two attached hydrogens (primary N) is 3. The van der Waals surface area contributed by atoms with Gasteiger partial charge in [-0.15, -0.1) is 0 Å². The molecule has 27 nitrogen and oxygen atoms in total. The van der Waals surface area contributed by atoms with E-state index in [0.29, 0.717) is 132 Å². The van der Waals surface area contributed by atoms with Gasteiger partial charge in [-0.05, 0) is 131 Å². The summed E-state index contributed by atoms with van der Waals surface area (Å²) in [6.07, 6.45) is 8.65. The normalized spacial score (nSPS) is 15.0. The number of halogens is 15. The maximum atomic E-state index is 15.7. The monoisotopic (exact) mass is 2100 g/mol. The van der Waals surface area contributed by atoms with Crippen molar-refractivity contribution in [2.24, 2.45) is 0 Å². The second-order valence-electron chi connectivity index (χ2n) is 33.8. The summed E-state index contributed by atoms with van der Waals surface area (Å²) in [4.78, 5) is 119. The van der Waals surface area contributed by atoms with Crippen LogP contribution in [-0.2, 0) is 14.4 Å². The lowest BCUT2D eigenvalue weighted by Crippen LogP contribution is -2.54. The summed E-state index contributed by atoms with van der Waals surface area (Å²) in [7, 11) is 0. The number of piperazine rings is 3. The number of nitrogen functional groups attached to an aromatic ring is 3. The van der Waals surface area contributed by atoms with E-state index < -0.39 is 55.5 Å². The van der Waals surface area contributed by atoms with Gasteiger partial charge in [0.25, 0.3) is 16.7 Å². The molecular weight excluding hydrogens is 2030 g/mol. The molecule has 3 fully saturated rings. The van der Waals surface area contributed by atoms with E-state index in [1.54, 1.807) is 51.5 Å². The Bertz CT molecular complexity index is 6780. The average molecular weight is 2110 g/mol. The molecule has 714 valence electrons. The van der Waals surface area contributed by atoms with E-state index in [-0.39, 0.29) is 188 Å². The van der Waals surface area contributed by atoms with Crippen LogP contribution >= 0.6 is 139 Å². The molecule has 0 bridgehead atoms. The molecule has 6 N–H and O–H groups in total. The predicted octanol–water partition coefficient (Wildman–Crippen LogP) is 21.9. The molecule has 42 heteroatoms. The number of aromatic nitrogens is 9. The first-order valence-electron chi connectivity index (χ1n) is 42.6. The van der Waals surface area contributed by atoms with Gasteiger partial charge in [0.2, 0.25) is 17.7 Å². The number of fused-ring (bicyclic) bond motifs is 3. The fourth-order valence-corrected chi connectivity index (χ4v) is 20.5. The standard InChI is InChI=1S/3C32H28Cl4FN7O2/c2*1-6-20(45)43-10-9-42(13-16(43)5)30-17-11-19(33)28(21-22(34)23(35)24(36)26(39)25(21)37)41-31(17)44(32(46)18(30)12-38)29-15(4)7-8-40-27(29)14(2)3;1-6-20(45)43-10-9-42(13-16(43)5)30-17-11-19(33)28(21-22(34)25(37)24(36)26(39)23(21)35)41-31(17)44(32(46)18(30)12-38)29-15(4)7-8-40-27(29)14(2)3/h3*6-8,11,14,16H,1,9-10,13,39H2,2-5H3/t3*16-/m111/s1. The van der Waals surface area contributed by atoms with Gasteiger partial charge in [0.15, 0.2) is 17.5 Å². The summed E-state index contributed by atoms with van der Waals surface area (Å²) >= 11 is 77.3. The number of anilines is 6. The highest BCUT2D eigenvalue weighted by atomic mass is 35.5. The Morgan fingerprint density at radius 1 is 0.399 bits per heavy atom. The number of nitrogens with zero attached hydrogens (tertiary/aromatic N) is 18. The number of rotatable bonds is 15. The lowest BCUT2D eigenvalue weighted by molar-refractivity contribution is -0.129. The number of hydrogen-bond acceptors (Lipinski definition) is 21. The van der Waals surface area contributed by atoms with Crippen LogP contribution in [0.3, 0.4) is 0 Å². The third kappa shape index (κ3) is 18.3. The van der Waals surface area contributed by atoms with Crippen molar-refractivity contribution in [3.05, 3.63) is 252 Å². The molecule has 12 aromatic rings. The minimum atomic E-state index is -1.01. The van der Waals surface area contributed by atoms with Gasteiger partial charge in [0, 0.05) is 117 Å². The van der Waals surface area contributed by atoms with Crippen LogP contribution in [0.15, 0.2) is 107 Å². The van der Waals surface area contributed by atoms with Crippen molar-refractivity contribution < 1.29 is 27.6 Å². The third-order valence-corrected chi connectivity index (χ3v) is 28.8. The molecule has 0 saturated carbocycles. The molecule has 3 amide bonds. The van der Waals surface area contributed by atoms with Gasteiger partial charge < -0.3 is 46.6 Å². The number of carbonyl (C=O) groups excluding carboxylic acids is 3. The van der Waals surface area contributed by atoms with Crippen molar-refractivity contribution >= 4 is 224 Å². The van der Waals surface area contributed by atoms with Crippen molar-refractivity contribution in [2.45, 2.75) is 119 Å². The summed E-state index contributed by atoms with van der Waals surface area (Å²) < 4.78 is 50.5. The lowest BCUT2D eigenvalue weighted by atomic mass is 10.0. The summed E-state index contributed by atoms with van der Waals surface area (Å²) in [6, 6.07) is 15.2. The SMILES string of the molecule is C=CC(=O)N1CCN(c2c(C#N)c(=O)n(-c3c(C)ccnc3C(C)C)c3nc(-c4c(Cl)c(N)c(Cl)c(F)c4Cl)c(Cl)cc23)C[C@H]1C.C=CC(=O)N1CCN(c2c(C#N)c(=O)n(-c3c(C)ccnc3C(C)C)c3nc(-c4c(F)c(N)c(Cl)c(Cl)c4Cl)c(Cl)cc23)C[C@H]1C.C=CC(=O)N1CCN(c2c(C#N)c(=O)n(-c3c(C)ccnc3C(C)C)c3nc(-c4c(F)c(N)c(Cl)c(Cl)c4Cl)c(Cl)cc23)C[C@H]1C. The van der Waals surface area contributed by atoms with Gasteiger partial charge >= 0.3 is 0 Å². The summed E-state index contributed by atoms with van der Waals surface area (Å²) in [5.74, 6) is -4.06. The van der Waals surface area contributed by atoms with Crippen LogP contribution in [0.2, 0.25) is 60.3 Å². The fraction of sp³-hybridized carbons (Fsp3) is 0.281. The summed E-state index contributed by atoms with van der Waals surface area (Å²) in [6.45, 7) is 36.0. The smallest absolute Gasteiger partial charge is 0.276 e. The van der Waals surface area contributed by atoms with E-state index in [0.717, 1.165) is 0 Å². The third-order valence-electron chi connectivity index (χ3n) is 24.1. The predicted molar refractivity (Wildman–Crippen MR) is 546 cm³/mol. The van der Waals surface area contributed by atoms with Gasteiger partial charge in [-0.1, -0.05) is 200 Å². The number of hydrogen-bond donors (Lipinski definition) is 3. The molecule has 0 spiro atoms. The maximum Gasteiger partial charge on any atom is 0.276 e. The quantitative estimate of drug-likeness (QED) is 0.0371. The summed E-state index contributed by atoms with van der Waals surface area (Å²) in [5, 5.41) is 29.8. The maximum absolute atomic E-state index is 15.7. The topological polar surface area (TPSA) is 363 Å². The Balaban J connectivity index is 0.000000175. The van der Waals surface area contributed by atoms with Crippen LogP contribution < -0.4 is 48.6 Å². The van der Waals surface area contributed by atoms with Crippen molar-refractivity contribution in [1.82, 2.24) is 58.3 Å². The molecule has 0 aliphatic carbocycles. The fourth-order valence-electron chi connectivity index (χ4n) is 17.5. The first-order chi connectivity index (χ1) is 65.2. The van der Waals surface area contributed by atoms with E-state index in [1.807, 2.05) is 97.8 Å². The van der Waals surface area contributed by atoms with E-state index in [1.165, 1.54) is 50.1 Å². The van der Waals surface area contributed by atoms with Crippen molar-refractivity contribution in [3.8, 4) is 69.0 Å². The van der Waals surface area contributed by atoms with Gasteiger partial charge in [0.05, 0.1) is 152 Å². The Labute approximate surface area is 850 Å². The van der Waals surface area contributed by atoms with E-state index in [4.69, 9.17) is 171 Å². The van der Waals surface area contributed by atoms with Gasteiger partial charge in [-0.3, -0.25) is 57.4 Å². The first kappa shape index (κ1) is 104. The van der Waals surface area contributed by atoms with Gasteiger partial charge in [-0.2, -0.15) is 15.8 Å². The number of amides is 3. The molecular formula is C96H84Cl12F3N21O6. The highest BCUT2D eigenvalue weighted by Crippen LogP contribution is 2.52. The number of pyridine rings is 9.